The van der Waals surface area contributed by atoms with Gasteiger partial charge in [0.15, 0.2) is 0 Å². The van der Waals surface area contributed by atoms with Crippen LogP contribution in [0.25, 0.3) is 0 Å². The summed E-state index contributed by atoms with van der Waals surface area (Å²) in [6.45, 7) is 5.29. The average molecular weight is 279 g/mol. The number of aryl methyl sites for hydroxylation is 1. The number of nitrogens with two attached hydrogens (primary N) is 1. The molecule has 0 radical (unpaired) electrons. The van der Waals surface area contributed by atoms with E-state index in [0.717, 1.165) is 12.8 Å². The topological polar surface area (TPSA) is 93.2 Å². The number of aromatic nitrogens is 2. The highest BCUT2D eigenvalue weighted by atomic mass is 16.2. The Labute approximate surface area is 118 Å². The maximum absolute atomic E-state index is 12.5. The molecule has 0 bridgehead atoms. The lowest BCUT2D eigenvalue weighted by molar-refractivity contribution is -0.119. The van der Waals surface area contributed by atoms with E-state index in [1.54, 1.807) is 9.58 Å². The minimum atomic E-state index is -0.0804. The van der Waals surface area contributed by atoms with Crippen LogP contribution in [0.4, 0.5) is 5.69 Å². The van der Waals surface area contributed by atoms with Crippen LogP contribution in [0.2, 0.25) is 0 Å². The molecule has 110 valence electrons. The predicted molar refractivity (Wildman–Crippen MR) is 75.1 cm³/mol. The molecular weight excluding hydrogens is 258 g/mol. The summed E-state index contributed by atoms with van der Waals surface area (Å²) in [5, 5.41) is 6.98. The Hall–Kier alpha value is -2.05. The third kappa shape index (κ3) is 2.92. The van der Waals surface area contributed by atoms with Crippen molar-refractivity contribution in [1.82, 2.24) is 20.0 Å². The Morgan fingerprint density at radius 3 is 2.65 bits per heavy atom. The molecule has 20 heavy (non-hydrogen) atoms. The van der Waals surface area contributed by atoms with E-state index in [1.165, 1.54) is 13.1 Å². The van der Waals surface area contributed by atoms with Crippen molar-refractivity contribution < 1.29 is 9.59 Å². The van der Waals surface area contributed by atoms with Crippen LogP contribution in [0.1, 0.15) is 37.2 Å². The molecule has 1 aliphatic rings. The van der Waals surface area contributed by atoms with Crippen molar-refractivity contribution in [3.05, 3.63) is 11.9 Å². The van der Waals surface area contributed by atoms with E-state index >= 15 is 0 Å². The van der Waals surface area contributed by atoms with Crippen molar-refractivity contribution in [1.29, 1.82) is 0 Å². The summed E-state index contributed by atoms with van der Waals surface area (Å²) in [7, 11) is 0. The van der Waals surface area contributed by atoms with Crippen molar-refractivity contribution >= 4 is 17.5 Å². The Bertz CT molecular complexity index is 503. The second-order valence-corrected chi connectivity index (χ2v) is 5.03. The normalized spacial score (nSPS) is 16.2. The molecule has 1 aromatic heterocycles. The molecule has 1 aliphatic heterocycles. The number of rotatable bonds is 3. The van der Waals surface area contributed by atoms with E-state index in [0.29, 0.717) is 31.0 Å². The fourth-order valence-corrected chi connectivity index (χ4v) is 2.54. The van der Waals surface area contributed by atoms with Gasteiger partial charge in [-0.15, -0.1) is 0 Å². The number of nitrogen functional groups attached to an aromatic ring is 1. The van der Waals surface area contributed by atoms with Gasteiger partial charge >= 0.3 is 0 Å². The van der Waals surface area contributed by atoms with Gasteiger partial charge in [-0.25, -0.2) is 0 Å². The molecule has 1 aromatic rings. The van der Waals surface area contributed by atoms with Gasteiger partial charge in [0.2, 0.25) is 5.91 Å². The highest BCUT2D eigenvalue weighted by Crippen LogP contribution is 2.18. The third-order valence-electron chi connectivity index (χ3n) is 3.56. The fourth-order valence-electron chi connectivity index (χ4n) is 2.54. The Morgan fingerprint density at radius 1 is 1.45 bits per heavy atom. The van der Waals surface area contributed by atoms with Crippen LogP contribution in [0.3, 0.4) is 0 Å². The molecule has 1 saturated heterocycles. The number of nitrogens with one attached hydrogen (secondary N) is 1. The van der Waals surface area contributed by atoms with Gasteiger partial charge in [-0.1, -0.05) is 0 Å². The molecule has 0 aliphatic carbocycles. The van der Waals surface area contributed by atoms with Crippen LogP contribution in [-0.4, -0.2) is 45.6 Å². The van der Waals surface area contributed by atoms with E-state index < -0.39 is 0 Å². The Balaban J connectivity index is 2.01. The molecule has 3 N–H and O–H groups in total. The number of amides is 2. The number of nitrogens with zero attached hydrogens (tertiary/aromatic N) is 3. The first-order valence-corrected chi connectivity index (χ1v) is 6.90. The van der Waals surface area contributed by atoms with Crippen molar-refractivity contribution in [3.63, 3.8) is 0 Å². The Morgan fingerprint density at radius 2 is 2.10 bits per heavy atom. The van der Waals surface area contributed by atoms with Crippen LogP contribution in [0, 0.1) is 0 Å². The summed E-state index contributed by atoms with van der Waals surface area (Å²) in [5.41, 5.74) is 6.71. The van der Waals surface area contributed by atoms with Crippen molar-refractivity contribution in [2.24, 2.45) is 0 Å². The fraction of sp³-hybridized carbons (Fsp3) is 0.615. The summed E-state index contributed by atoms with van der Waals surface area (Å²) in [6, 6.07) is 0.157. The lowest BCUT2D eigenvalue weighted by atomic mass is 10.0. The number of hydrogen-bond acceptors (Lipinski definition) is 4. The lowest BCUT2D eigenvalue weighted by Crippen LogP contribution is -2.46. The standard InChI is InChI=1S/C13H21N5O2/c1-3-18-12(11(14)8-15-18)13(20)17-6-4-10(5-7-17)16-9(2)19/h8,10H,3-7,14H2,1-2H3,(H,16,19). The van der Waals surface area contributed by atoms with E-state index in [2.05, 4.69) is 10.4 Å². The molecule has 7 heteroatoms. The van der Waals surface area contributed by atoms with E-state index in [1.807, 2.05) is 6.92 Å². The molecule has 0 spiro atoms. The number of carbonyl (C=O) groups is 2. The van der Waals surface area contributed by atoms with Crippen LogP contribution < -0.4 is 11.1 Å². The molecule has 0 saturated carbocycles. The molecule has 2 amide bonds. The number of hydrogen-bond donors (Lipinski definition) is 2. The molecular formula is C13H21N5O2. The molecule has 7 nitrogen and oxygen atoms in total. The number of anilines is 1. The van der Waals surface area contributed by atoms with Crippen LogP contribution >= 0.6 is 0 Å². The quantitative estimate of drug-likeness (QED) is 0.828. The maximum atomic E-state index is 12.5. The molecule has 1 fully saturated rings. The zero-order chi connectivity index (χ0) is 14.7. The van der Waals surface area contributed by atoms with Crippen molar-refractivity contribution in [2.75, 3.05) is 18.8 Å². The summed E-state index contributed by atoms with van der Waals surface area (Å²) >= 11 is 0. The SMILES string of the molecule is CCn1ncc(N)c1C(=O)N1CCC(NC(C)=O)CC1. The van der Waals surface area contributed by atoms with Gasteiger partial charge in [-0.05, 0) is 19.8 Å². The zero-order valence-corrected chi connectivity index (χ0v) is 11.9. The number of piperidine rings is 1. The predicted octanol–water partition coefficient (Wildman–Crippen LogP) is 0.226. The zero-order valence-electron chi connectivity index (χ0n) is 11.9. The van der Waals surface area contributed by atoms with Crippen molar-refractivity contribution in [2.45, 2.75) is 39.3 Å². The van der Waals surface area contributed by atoms with Crippen molar-refractivity contribution in [3.8, 4) is 0 Å². The minimum Gasteiger partial charge on any atom is -0.396 e. The van der Waals surface area contributed by atoms with E-state index in [9.17, 15) is 9.59 Å². The summed E-state index contributed by atoms with van der Waals surface area (Å²) in [6.07, 6.45) is 3.05. The van der Waals surface area contributed by atoms with Gasteiger partial charge in [0, 0.05) is 32.6 Å². The average Bonchev–Trinajstić information content (AvgIpc) is 2.79. The molecule has 0 aromatic carbocycles. The molecule has 2 rings (SSSR count). The Kier molecular flexibility index (Phi) is 4.26. The largest absolute Gasteiger partial charge is 0.396 e. The minimum absolute atomic E-state index is 0.0249. The van der Waals surface area contributed by atoms with Gasteiger partial charge in [0.05, 0.1) is 11.9 Å². The summed E-state index contributed by atoms with van der Waals surface area (Å²) < 4.78 is 1.62. The number of likely N-dealkylation sites (tertiary alicyclic amines) is 1. The second-order valence-electron chi connectivity index (χ2n) is 5.03. The third-order valence-corrected chi connectivity index (χ3v) is 3.56. The first-order valence-electron chi connectivity index (χ1n) is 6.90. The first-order chi connectivity index (χ1) is 9.52. The molecule has 0 unspecified atom stereocenters. The highest BCUT2D eigenvalue weighted by molar-refractivity contribution is 5.97. The van der Waals surface area contributed by atoms with Gasteiger partial charge in [0.25, 0.3) is 5.91 Å². The monoisotopic (exact) mass is 279 g/mol. The van der Waals surface area contributed by atoms with Gasteiger partial charge in [-0.2, -0.15) is 5.10 Å². The lowest BCUT2D eigenvalue weighted by Gasteiger charge is -2.32. The maximum Gasteiger partial charge on any atom is 0.274 e. The van der Waals surface area contributed by atoms with Gasteiger partial charge < -0.3 is 16.0 Å². The molecule has 2 heterocycles. The van der Waals surface area contributed by atoms with Crippen LogP contribution in [0.5, 0.6) is 0 Å². The molecule has 0 atom stereocenters. The van der Waals surface area contributed by atoms with E-state index in [4.69, 9.17) is 5.73 Å². The van der Waals surface area contributed by atoms with Gasteiger partial charge in [-0.3, -0.25) is 14.3 Å². The first kappa shape index (κ1) is 14.4. The highest BCUT2D eigenvalue weighted by Gasteiger charge is 2.27. The van der Waals surface area contributed by atoms with Gasteiger partial charge in [0.1, 0.15) is 5.69 Å². The van der Waals surface area contributed by atoms with Crippen LogP contribution in [-0.2, 0) is 11.3 Å². The van der Waals surface area contributed by atoms with Crippen LogP contribution in [0.15, 0.2) is 6.20 Å². The number of carbonyl (C=O) groups excluding carboxylic acids is 2. The van der Waals surface area contributed by atoms with E-state index in [-0.39, 0.29) is 17.9 Å². The summed E-state index contributed by atoms with van der Waals surface area (Å²) in [5.74, 6) is -0.105. The summed E-state index contributed by atoms with van der Waals surface area (Å²) in [4.78, 5) is 25.3. The smallest absolute Gasteiger partial charge is 0.274 e. The second kappa shape index (κ2) is 5.94.